The molecule has 3 aromatic rings. The lowest BCUT2D eigenvalue weighted by molar-refractivity contribution is 0.0950. The maximum atomic E-state index is 12.2. The summed E-state index contributed by atoms with van der Waals surface area (Å²) >= 11 is 12.1. The first-order valence-electron chi connectivity index (χ1n) is 8.14. The molecule has 0 atom stereocenters. The number of rotatable bonds is 6. The first-order valence-corrected chi connectivity index (χ1v) is 8.89. The molecule has 0 spiro atoms. The minimum Gasteiger partial charge on any atom is -0.494 e. The van der Waals surface area contributed by atoms with Gasteiger partial charge in [0.25, 0.3) is 5.91 Å². The molecule has 0 bridgehead atoms. The first-order chi connectivity index (χ1) is 13.1. The molecule has 138 valence electrons. The summed E-state index contributed by atoms with van der Waals surface area (Å²) in [5, 5.41) is 11.7. The lowest BCUT2D eigenvalue weighted by Gasteiger charge is -2.02. The third-order valence-electron chi connectivity index (χ3n) is 3.60. The molecule has 2 aromatic carbocycles. The highest BCUT2D eigenvalue weighted by Gasteiger charge is 2.12. The van der Waals surface area contributed by atoms with Crippen molar-refractivity contribution in [2.75, 3.05) is 6.61 Å². The minimum absolute atomic E-state index is 0.264. The molecule has 0 saturated carbocycles. The second-order valence-corrected chi connectivity index (χ2v) is 6.34. The van der Waals surface area contributed by atoms with Gasteiger partial charge in [0, 0.05) is 10.6 Å². The van der Waals surface area contributed by atoms with E-state index in [1.54, 1.807) is 30.5 Å². The number of nitrogens with zero attached hydrogens (tertiary/aromatic N) is 2. The van der Waals surface area contributed by atoms with Crippen LogP contribution in [0.4, 0.5) is 0 Å². The quantitative estimate of drug-likeness (QED) is 0.468. The molecule has 1 amide bonds. The Morgan fingerprint density at radius 1 is 1.22 bits per heavy atom. The Labute approximate surface area is 166 Å². The monoisotopic (exact) mass is 402 g/mol. The number of H-pyrrole nitrogens is 1. The molecule has 1 heterocycles. The third-order valence-corrected chi connectivity index (χ3v) is 4.15. The lowest BCUT2D eigenvalue weighted by atomic mass is 10.1. The summed E-state index contributed by atoms with van der Waals surface area (Å²) in [6, 6.07) is 14.0. The number of nitrogens with one attached hydrogen (secondary N) is 2. The number of carbonyl (C=O) groups excluding carboxylic acids is 1. The molecule has 2 N–H and O–H groups in total. The molecule has 1 aromatic heterocycles. The van der Waals surface area contributed by atoms with Crippen LogP contribution in [-0.4, -0.2) is 28.9 Å². The fourth-order valence-corrected chi connectivity index (χ4v) is 2.82. The summed E-state index contributed by atoms with van der Waals surface area (Å²) in [6.07, 6.45) is 1.54. The zero-order valence-electron chi connectivity index (χ0n) is 14.4. The number of hydrogen-bond acceptors (Lipinski definition) is 4. The largest absolute Gasteiger partial charge is 0.494 e. The summed E-state index contributed by atoms with van der Waals surface area (Å²) in [5.41, 5.74) is 4.76. The van der Waals surface area contributed by atoms with Gasteiger partial charge in [-0.3, -0.25) is 9.89 Å². The molecule has 0 aliphatic heterocycles. The Kier molecular flexibility index (Phi) is 6.11. The van der Waals surface area contributed by atoms with Gasteiger partial charge < -0.3 is 4.74 Å². The SMILES string of the molecule is CCOc1ccc(C=NNC(=O)c2cc(-c3ccc(Cl)cc3Cl)n[nH]2)cc1. The van der Waals surface area contributed by atoms with Gasteiger partial charge >= 0.3 is 0 Å². The standard InChI is InChI=1S/C19H16Cl2N4O2/c1-2-27-14-6-3-12(4-7-14)11-22-25-19(26)18-10-17(23-24-18)15-8-5-13(20)9-16(15)21/h3-11H,2H2,1H3,(H,23,24)(H,25,26). The average molecular weight is 403 g/mol. The Morgan fingerprint density at radius 3 is 2.70 bits per heavy atom. The summed E-state index contributed by atoms with van der Waals surface area (Å²) < 4.78 is 5.37. The summed E-state index contributed by atoms with van der Waals surface area (Å²) in [7, 11) is 0. The normalized spacial score (nSPS) is 10.9. The number of carbonyl (C=O) groups is 1. The van der Waals surface area contributed by atoms with Crippen LogP contribution in [0.25, 0.3) is 11.3 Å². The molecule has 0 fully saturated rings. The van der Waals surface area contributed by atoms with Crippen LogP contribution in [0.2, 0.25) is 10.0 Å². The lowest BCUT2D eigenvalue weighted by Crippen LogP contribution is -2.17. The van der Waals surface area contributed by atoms with Gasteiger partial charge in [-0.15, -0.1) is 0 Å². The summed E-state index contributed by atoms with van der Waals surface area (Å²) in [4.78, 5) is 12.2. The van der Waals surface area contributed by atoms with Crippen molar-refractivity contribution in [3.63, 3.8) is 0 Å². The minimum atomic E-state index is -0.416. The molecule has 0 unspecified atom stereocenters. The van der Waals surface area contributed by atoms with Crippen molar-refractivity contribution < 1.29 is 9.53 Å². The van der Waals surface area contributed by atoms with Gasteiger partial charge in [-0.25, -0.2) is 5.43 Å². The number of halogens is 2. The molecule has 0 aliphatic rings. The average Bonchev–Trinajstić information content (AvgIpc) is 3.13. The summed E-state index contributed by atoms with van der Waals surface area (Å²) in [6.45, 7) is 2.53. The van der Waals surface area contributed by atoms with Crippen LogP contribution in [-0.2, 0) is 0 Å². The molecule has 3 rings (SSSR count). The Hall–Kier alpha value is -2.83. The maximum absolute atomic E-state index is 12.2. The topological polar surface area (TPSA) is 79.4 Å². The molecule has 0 aliphatic carbocycles. The van der Waals surface area contributed by atoms with E-state index in [2.05, 4.69) is 20.7 Å². The Balaban J connectivity index is 1.64. The van der Waals surface area contributed by atoms with Gasteiger partial charge in [-0.2, -0.15) is 10.2 Å². The maximum Gasteiger partial charge on any atom is 0.289 e. The van der Waals surface area contributed by atoms with Crippen LogP contribution < -0.4 is 10.2 Å². The van der Waals surface area contributed by atoms with Gasteiger partial charge in [0.1, 0.15) is 11.4 Å². The second kappa shape index (κ2) is 8.70. The van der Waals surface area contributed by atoms with Crippen molar-refractivity contribution in [2.45, 2.75) is 6.92 Å². The predicted molar refractivity (Wildman–Crippen MR) is 107 cm³/mol. The van der Waals surface area contributed by atoms with Gasteiger partial charge in [0.2, 0.25) is 0 Å². The molecule has 0 saturated heterocycles. The second-order valence-electron chi connectivity index (χ2n) is 5.49. The van der Waals surface area contributed by atoms with Crippen molar-refractivity contribution in [1.82, 2.24) is 15.6 Å². The number of hydrogen-bond donors (Lipinski definition) is 2. The Bertz CT molecular complexity index is 968. The zero-order chi connectivity index (χ0) is 19.2. The van der Waals surface area contributed by atoms with E-state index in [0.717, 1.165) is 11.3 Å². The number of aromatic amines is 1. The molecular weight excluding hydrogens is 387 g/mol. The van der Waals surface area contributed by atoms with E-state index in [9.17, 15) is 4.79 Å². The van der Waals surface area contributed by atoms with Crippen LogP contribution in [0.1, 0.15) is 23.0 Å². The summed E-state index contributed by atoms with van der Waals surface area (Å²) in [5.74, 6) is 0.366. The number of amides is 1. The van der Waals surface area contributed by atoms with E-state index >= 15 is 0 Å². The third kappa shape index (κ3) is 4.87. The van der Waals surface area contributed by atoms with Crippen LogP contribution >= 0.6 is 23.2 Å². The van der Waals surface area contributed by atoms with E-state index in [0.29, 0.717) is 27.9 Å². The number of ether oxygens (including phenoxy) is 1. The molecule has 8 heteroatoms. The highest BCUT2D eigenvalue weighted by atomic mass is 35.5. The van der Waals surface area contributed by atoms with E-state index < -0.39 is 5.91 Å². The van der Waals surface area contributed by atoms with Crippen molar-refractivity contribution in [3.05, 3.63) is 69.8 Å². The van der Waals surface area contributed by atoms with E-state index in [1.807, 2.05) is 31.2 Å². The number of benzene rings is 2. The van der Waals surface area contributed by atoms with Crippen LogP contribution in [0.5, 0.6) is 5.75 Å². The van der Waals surface area contributed by atoms with E-state index in [1.165, 1.54) is 0 Å². The molecular formula is C19H16Cl2N4O2. The number of hydrazone groups is 1. The predicted octanol–water partition coefficient (Wildman–Crippen LogP) is 4.55. The van der Waals surface area contributed by atoms with E-state index in [4.69, 9.17) is 27.9 Å². The number of aromatic nitrogens is 2. The van der Waals surface area contributed by atoms with Crippen LogP contribution in [0.15, 0.2) is 53.6 Å². The zero-order valence-corrected chi connectivity index (χ0v) is 15.9. The van der Waals surface area contributed by atoms with Crippen molar-refractivity contribution in [2.24, 2.45) is 5.10 Å². The molecule has 6 nitrogen and oxygen atoms in total. The molecule has 0 radical (unpaired) electrons. The fraction of sp³-hybridized carbons (Fsp3) is 0.105. The van der Waals surface area contributed by atoms with Crippen molar-refractivity contribution in [1.29, 1.82) is 0 Å². The van der Waals surface area contributed by atoms with Gasteiger partial charge in [-0.1, -0.05) is 23.2 Å². The van der Waals surface area contributed by atoms with Crippen molar-refractivity contribution in [3.8, 4) is 17.0 Å². The van der Waals surface area contributed by atoms with E-state index in [-0.39, 0.29) is 5.69 Å². The van der Waals surface area contributed by atoms with Gasteiger partial charge in [-0.05, 0) is 61.0 Å². The fourth-order valence-electron chi connectivity index (χ4n) is 2.32. The van der Waals surface area contributed by atoms with Gasteiger partial charge in [0.15, 0.2) is 0 Å². The highest BCUT2D eigenvalue weighted by Crippen LogP contribution is 2.29. The highest BCUT2D eigenvalue weighted by molar-refractivity contribution is 6.36. The first kappa shape index (κ1) is 18.9. The molecule has 27 heavy (non-hydrogen) atoms. The van der Waals surface area contributed by atoms with Crippen LogP contribution in [0.3, 0.4) is 0 Å². The Morgan fingerprint density at radius 2 is 2.00 bits per heavy atom. The van der Waals surface area contributed by atoms with Gasteiger partial charge in [0.05, 0.1) is 23.5 Å². The van der Waals surface area contributed by atoms with Crippen molar-refractivity contribution >= 4 is 35.3 Å². The van der Waals surface area contributed by atoms with Crippen LogP contribution in [0, 0.1) is 0 Å². The smallest absolute Gasteiger partial charge is 0.289 e.